The Morgan fingerprint density at radius 3 is 2.42 bits per heavy atom. The zero-order valence-corrected chi connectivity index (χ0v) is 21.6. The molecule has 1 heterocycles. The molecule has 2 N–H and O–H groups in total. The first-order chi connectivity index (χ1) is 18.4. The number of carbonyl (C=O) groups is 2. The molecule has 0 aliphatic carbocycles. The predicted octanol–water partition coefficient (Wildman–Crippen LogP) is 8.18. The number of rotatable bonds is 7. The molecule has 0 saturated heterocycles. The fourth-order valence-corrected chi connectivity index (χ4v) is 4.49. The van der Waals surface area contributed by atoms with E-state index in [4.69, 9.17) is 27.9 Å². The van der Waals surface area contributed by atoms with Crippen molar-refractivity contribution < 1.29 is 14.3 Å². The van der Waals surface area contributed by atoms with Crippen molar-refractivity contribution in [1.82, 2.24) is 4.98 Å². The van der Waals surface area contributed by atoms with Crippen molar-refractivity contribution in [3.05, 3.63) is 136 Å². The minimum atomic E-state index is -0.526. The smallest absolute Gasteiger partial charge is 0.360 e. The summed E-state index contributed by atoms with van der Waals surface area (Å²) in [4.78, 5) is 29.2. The van der Waals surface area contributed by atoms with E-state index in [0.29, 0.717) is 50.3 Å². The average molecular weight is 541 g/mol. The van der Waals surface area contributed by atoms with Crippen LogP contribution in [0.15, 0.2) is 97.6 Å². The first-order valence-electron chi connectivity index (χ1n) is 11.8. The first-order valence-corrected chi connectivity index (χ1v) is 12.6. The Bertz CT molecular complexity index is 1640. The molecule has 0 unspecified atom stereocenters. The number of amides is 1. The lowest BCUT2D eigenvalue weighted by atomic mass is 10.00. The van der Waals surface area contributed by atoms with Gasteiger partial charge in [-0.15, -0.1) is 0 Å². The van der Waals surface area contributed by atoms with Crippen LogP contribution in [0.1, 0.15) is 37.5 Å². The van der Waals surface area contributed by atoms with E-state index in [-0.39, 0.29) is 5.91 Å². The highest BCUT2D eigenvalue weighted by molar-refractivity contribution is 6.31. The van der Waals surface area contributed by atoms with Gasteiger partial charge in [0.15, 0.2) is 0 Å². The van der Waals surface area contributed by atoms with Crippen molar-refractivity contribution in [3.63, 3.8) is 0 Å². The molecule has 5 nitrogen and oxygen atoms in total. The zero-order valence-electron chi connectivity index (χ0n) is 20.1. The molecule has 0 bridgehead atoms. The maximum absolute atomic E-state index is 13.1. The number of nitrogens with one attached hydrogen (secondary N) is 2. The molecule has 5 rings (SSSR count). The van der Waals surface area contributed by atoms with E-state index in [1.54, 1.807) is 54.6 Å². The Hall–Kier alpha value is -4.32. The van der Waals surface area contributed by atoms with E-state index >= 15 is 0 Å². The van der Waals surface area contributed by atoms with Crippen LogP contribution in [-0.4, -0.2) is 16.9 Å². The van der Waals surface area contributed by atoms with Gasteiger partial charge in [0.1, 0.15) is 11.4 Å². The summed E-state index contributed by atoms with van der Waals surface area (Å²) < 4.78 is 5.89. The largest absolute Gasteiger partial charge is 0.422 e. The molecule has 0 saturated carbocycles. The number of hydrogen-bond acceptors (Lipinski definition) is 3. The number of esters is 1. The second-order valence-electron chi connectivity index (χ2n) is 8.68. The van der Waals surface area contributed by atoms with Crippen LogP contribution >= 0.6 is 23.2 Å². The molecular weight excluding hydrogens is 519 g/mol. The van der Waals surface area contributed by atoms with E-state index in [2.05, 4.69) is 16.9 Å². The SMILES string of the molecule is C=Cc1cc(OC(=O)c2cc3ccccc3[nH]2)c(Cc2cccc(Cl)c2)cc1NC(=O)c1ccc(Cl)cc1. The standard InChI is InChI=1S/C31H22Cl2N2O3/c1-2-20-18-29(38-31(37)28-16-22-7-3-4-9-26(22)34-28)23(14-19-6-5-8-25(33)15-19)17-27(20)35-30(36)21-10-12-24(32)13-11-21/h2-13,15-18,34H,1,14H2,(H,35,36). The quantitative estimate of drug-likeness (QED) is 0.161. The van der Waals surface area contributed by atoms with E-state index < -0.39 is 5.97 Å². The lowest BCUT2D eigenvalue weighted by molar-refractivity contribution is 0.0727. The van der Waals surface area contributed by atoms with Gasteiger partial charge in [-0.3, -0.25) is 4.79 Å². The number of aromatic nitrogens is 1. The number of hydrogen-bond donors (Lipinski definition) is 2. The monoisotopic (exact) mass is 540 g/mol. The second kappa shape index (κ2) is 11.0. The molecule has 0 aliphatic rings. The Balaban J connectivity index is 1.51. The van der Waals surface area contributed by atoms with E-state index in [0.717, 1.165) is 16.5 Å². The lowest BCUT2D eigenvalue weighted by Gasteiger charge is -2.16. The average Bonchev–Trinajstić information content (AvgIpc) is 3.35. The summed E-state index contributed by atoms with van der Waals surface area (Å²) >= 11 is 12.2. The number of ether oxygens (including phenoxy) is 1. The van der Waals surface area contributed by atoms with E-state index in [1.807, 2.05) is 42.5 Å². The molecule has 0 atom stereocenters. The van der Waals surface area contributed by atoms with Crippen LogP contribution in [-0.2, 0) is 6.42 Å². The van der Waals surface area contributed by atoms with Gasteiger partial charge in [-0.1, -0.05) is 66.2 Å². The fraction of sp³-hybridized carbons (Fsp3) is 0.0323. The normalized spacial score (nSPS) is 10.8. The molecule has 38 heavy (non-hydrogen) atoms. The molecular formula is C31H22Cl2N2O3. The number of halogens is 2. The molecule has 4 aromatic carbocycles. The highest BCUT2D eigenvalue weighted by atomic mass is 35.5. The molecule has 0 fully saturated rings. The molecule has 5 aromatic rings. The maximum atomic E-state index is 13.1. The zero-order chi connectivity index (χ0) is 26.6. The third kappa shape index (κ3) is 5.65. The highest BCUT2D eigenvalue weighted by Gasteiger charge is 2.18. The summed E-state index contributed by atoms with van der Waals surface area (Å²) in [7, 11) is 0. The van der Waals surface area contributed by atoms with Gasteiger partial charge in [-0.05, 0) is 66.2 Å². The highest BCUT2D eigenvalue weighted by Crippen LogP contribution is 2.32. The van der Waals surface area contributed by atoms with E-state index in [9.17, 15) is 9.59 Å². The topological polar surface area (TPSA) is 71.2 Å². The van der Waals surface area contributed by atoms with Crippen molar-refractivity contribution in [2.75, 3.05) is 5.32 Å². The van der Waals surface area contributed by atoms with Gasteiger partial charge in [0.25, 0.3) is 5.91 Å². The van der Waals surface area contributed by atoms with E-state index in [1.165, 1.54) is 0 Å². The van der Waals surface area contributed by atoms with Crippen LogP contribution in [0, 0.1) is 0 Å². The number of fused-ring (bicyclic) bond motifs is 1. The van der Waals surface area contributed by atoms with Crippen LogP contribution in [0.5, 0.6) is 5.75 Å². The van der Waals surface area contributed by atoms with Crippen LogP contribution in [0.2, 0.25) is 10.0 Å². The fourth-order valence-electron chi connectivity index (χ4n) is 4.15. The molecule has 1 aromatic heterocycles. The summed E-state index contributed by atoms with van der Waals surface area (Å²) in [6.45, 7) is 3.88. The predicted molar refractivity (Wildman–Crippen MR) is 153 cm³/mol. The number of carbonyl (C=O) groups excluding carboxylic acids is 2. The Labute approximate surface area is 229 Å². The Kier molecular flexibility index (Phi) is 7.31. The molecule has 0 radical (unpaired) electrons. The van der Waals surface area contributed by atoms with Gasteiger partial charge >= 0.3 is 5.97 Å². The van der Waals surface area contributed by atoms with Crippen LogP contribution in [0.3, 0.4) is 0 Å². The maximum Gasteiger partial charge on any atom is 0.360 e. The van der Waals surface area contributed by atoms with Gasteiger partial charge in [-0.2, -0.15) is 0 Å². The van der Waals surface area contributed by atoms with Gasteiger partial charge < -0.3 is 15.0 Å². The van der Waals surface area contributed by atoms with Gasteiger partial charge in [0, 0.05) is 49.7 Å². The summed E-state index contributed by atoms with van der Waals surface area (Å²) in [6.07, 6.45) is 2.01. The third-order valence-electron chi connectivity index (χ3n) is 6.04. The van der Waals surface area contributed by atoms with Crippen LogP contribution in [0.4, 0.5) is 5.69 Å². The summed E-state index contributed by atoms with van der Waals surface area (Å²) in [5.41, 5.74) is 4.36. The first kappa shape index (κ1) is 25.3. The molecule has 7 heteroatoms. The third-order valence-corrected chi connectivity index (χ3v) is 6.53. The molecule has 0 spiro atoms. The lowest BCUT2D eigenvalue weighted by Crippen LogP contribution is -2.14. The number of H-pyrrole nitrogens is 1. The summed E-state index contributed by atoms with van der Waals surface area (Å²) in [5, 5.41) is 4.98. The van der Waals surface area contributed by atoms with Crippen molar-refractivity contribution in [2.24, 2.45) is 0 Å². The van der Waals surface area contributed by atoms with Crippen molar-refractivity contribution >= 4 is 57.7 Å². The molecule has 188 valence electrons. The Morgan fingerprint density at radius 2 is 1.68 bits per heavy atom. The van der Waals surface area contributed by atoms with Crippen molar-refractivity contribution in [3.8, 4) is 5.75 Å². The van der Waals surface area contributed by atoms with Crippen LogP contribution < -0.4 is 10.1 Å². The summed E-state index contributed by atoms with van der Waals surface area (Å²) in [5.74, 6) is -0.476. The minimum absolute atomic E-state index is 0.304. The van der Waals surface area contributed by atoms with Crippen LogP contribution in [0.25, 0.3) is 17.0 Å². The second-order valence-corrected chi connectivity index (χ2v) is 9.55. The Morgan fingerprint density at radius 1 is 0.895 bits per heavy atom. The van der Waals surface area contributed by atoms with Gasteiger partial charge in [-0.25, -0.2) is 4.79 Å². The molecule has 0 aliphatic heterocycles. The summed E-state index contributed by atoms with van der Waals surface area (Å²) in [6, 6.07) is 26.9. The van der Waals surface area contributed by atoms with Crippen molar-refractivity contribution in [1.29, 1.82) is 0 Å². The number of anilines is 1. The van der Waals surface area contributed by atoms with Gasteiger partial charge in [0.05, 0.1) is 0 Å². The number of para-hydroxylation sites is 1. The number of benzene rings is 4. The van der Waals surface area contributed by atoms with Gasteiger partial charge in [0.2, 0.25) is 0 Å². The minimum Gasteiger partial charge on any atom is -0.422 e. The van der Waals surface area contributed by atoms with Crippen molar-refractivity contribution in [2.45, 2.75) is 6.42 Å². The molecule has 1 amide bonds. The number of aromatic amines is 1.